The highest BCUT2D eigenvalue weighted by molar-refractivity contribution is 4.63. The zero-order valence-corrected chi connectivity index (χ0v) is 10.4. The Kier molecular flexibility index (Phi) is 3.06. The number of nitrogens with zero attached hydrogens (tertiary/aromatic N) is 2. The molecule has 2 N–H and O–H groups in total. The van der Waals surface area contributed by atoms with Crippen molar-refractivity contribution in [3.63, 3.8) is 0 Å². The van der Waals surface area contributed by atoms with Gasteiger partial charge in [-0.05, 0) is 13.8 Å². The van der Waals surface area contributed by atoms with E-state index >= 15 is 0 Å². The minimum Gasteiger partial charge on any atom is -0.326 e. The lowest BCUT2D eigenvalue weighted by Crippen LogP contribution is -2.66. The van der Waals surface area contributed by atoms with Gasteiger partial charge >= 0.3 is 0 Å². The van der Waals surface area contributed by atoms with Crippen LogP contribution in [-0.4, -0.2) is 67.4 Å². The lowest BCUT2D eigenvalue weighted by Gasteiger charge is -2.48. The summed E-state index contributed by atoms with van der Waals surface area (Å²) in [5.41, 5.74) is 5.76. The van der Waals surface area contributed by atoms with Gasteiger partial charge in [0.15, 0.2) is 0 Å². The van der Waals surface area contributed by atoms with E-state index in [0.717, 1.165) is 12.6 Å². The molecule has 3 aliphatic heterocycles. The maximum Gasteiger partial charge on any atom is 0.129 e. The van der Waals surface area contributed by atoms with Crippen LogP contribution >= 0.6 is 0 Å². The van der Waals surface area contributed by atoms with E-state index in [-0.39, 0.29) is 0 Å². The Labute approximate surface area is 94.0 Å². The molecule has 88 valence electrons. The molecule has 3 saturated heterocycles. The first-order chi connectivity index (χ1) is 7.13. The second-order valence-corrected chi connectivity index (χ2v) is 5.86. The van der Waals surface area contributed by atoms with Crippen LogP contribution in [0.1, 0.15) is 20.3 Å². The fourth-order valence-electron chi connectivity index (χ4n) is 3.60. The minimum absolute atomic E-state index is 0.808. The Balaban J connectivity index is 2.11. The molecule has 0 aromatic rings. The standard InChI is InChI=1S/C12H27N3/c1-12(2)15-6-3-5-14(7-4-13,8-10-15)9-11-15/h12H,3-11,13H2,1-2H3/q+2. The fraction of sp³-hybridized carbons (Fsp3) is 1.00. The molecular weight excluding hydrogens is 186 g/mol. The summed E-state index contributed by atoms with van der Waals surface area (Å²) in [6.45, 7) is 15.2. The van der Waals surface area contributed by atoms with Crippen molar-refractivity contribution in [3.8, 4) is 0 Å². The quantitative estimate of drug-likeness (QED) is 0.675. The van der Waals surface area contributed by atoms with Gasteiger partial charge in [0.25, 0.3) is 0 Å². The summed E-state index contributed by atoms with van der Waals surface area (Å²) in [5.74, 6) is 0. The second-order valence-electron chi connectivity index (χ2n) is 5.86. The van der Waals surface area contributed by atoms with E-state index < -0.39 is 0 Å². The summed E-state index contributed by atoms with van der Waals surface area (Å²) >= 11 is 0. The van der Waals surface area contributed by atoms with Crippen molar-refractivity contribution in [2.75, 3.05) is 52.4 Å². The predicted molar refractivity (Wildman–Crippen MR) is 63.4 cm³/mol. The maximum atomic E-state index is 5.76. The summed E-state index contributed by atoms with van der Waals surface area (Å²) < 4.78 is 2.70. The Morgan fingerprint density at radius 3 is 2.20 bits per heavy atom. The number of piperazine rings is 1. The molecule has 3 heterocycles. The first-order valence-corrected chi connectivity index (χ1v) is 6.53. The number of nitrogens with two attached hydrogens (primary N) is 1. The second kappa shape index (κ2) is 4.04. The van der Waals surface area contributed by atoms with Crippen LogP contribution in [0.4, 0.5) is 0 Å². The van der Waals surface area contributed by atoms with Gasteiger partial charge < -0.3 is 14.7 Å². The van der Waals surface area contributed by atoms with Crippen LogP contribution in [0.3, 0.4) is 0 Å². The molecule has 2 bridgehead atoms. The van der Waals surface area contributed by atoms with Gasteiger partial charge in [-0.25, -0.2) is 0 Å². The molecule has 3 heteroatoms. The fourth-order valence-corrected chi connectivity index (χ4v) is 3.60. The highest BCUT2D eigenvalue weighted by Gasteiger charge is 2.46. The van der Waals surface area contributed by atoms with Crippen LogP contribution in [0.2, 0.25) is 0 Å². The molecule has 0 unspecified atom stereocenters. The first kappa shape index (κ1) is 11.4. The summed E-state index contributed by atoms with van der Waals surface area (Å²) in [6, 6.07) is 0.808. The molecule has 3 aliphatic rings. The topological polar surface area (TPSA) is 26.0 Å². The largest absolute Gasteiger partial charge is 0.326 e. The van der Waals surface area contributed by atoms with Crippen molar-refractivity contribution in [1.82, 2.24) is 0 Å². The van der Waals surface area contributed by atoms with Crippen molar-refractivity contribution >= 4 is 0 Å². The lowest BCUT2D eigenvalue weighted by molar-refractivity contribution is -1.02. The van der Waals surface area contributed by atoms with Crippen LogP contribution in [-0.2, 0) is 0 Å². The third-order valence-corrected chi connectivity index (χ3v) is 4.97. The number of hydrogen-bond acceptors (Lipinski definition) is 1. The molecule has 0 aliphatic carbocycles. The molecule has 15 heavy (non-hydrogen) atoms. The molecule has 3 rings (SSSR count). The summed E-state index contributed by atoms with van der Waals surface area (Å²) in [5, 5.41) is 0. The zero-order chi connectivity index (χ0) is 10.9. The van der Waals surface area contributed by atoms with E-state index in [1.165, 1.54) is 61.2 Å². The van der Waals surface area contributed by atoms with Gasteiger partial charge in [0.05, 0.1) is 25.7 Å². The van der Waals surface area contributed by atoms with Gasteiger partial charge in [0, 0.05) is 13.0 Å². The molecule has 0 spiro atoms. The SMILES string of the molecule is CC(C)[N+]12CCC[N+](CCN)(CC1)CC2. The van der Waals surface area contributed by atoms with Gasteiger partial charge in [-0.15, -0.1) is 0 Å². The molecular formula is C12H27N3+2. The summed E-state index contributed by atoms with van der Waals surface area (Å²) in [6.07, 6.45) is 1.40. The lowest BCUT2D eigenvalue weighted by atomic mass is 10.1. The van der Waals surface area contributed by atoms with E-state index in [0.29, 0.717) is 0 Å². The number of hydrogen-bond donors (Lipinski definition) is 1. The number of fused-ring (bicyclic) bond motifs is 4. The van der Waals surface area contributed by atoms with Gasteiger partial charge in [-0.3, -0.25) is 0 Å². The van der Waals surface area contributed by atoms with E-state index in [2.05, 4.69) is 13.8 Å². The van der Waals surface area contributed by atoms with Gasteiger partial charge in [-0.1, -0.05) is 0 Å². The predicted octanol–water partition coefficient (Wildman–Crippen LogP) is 0.404. The minimum atomic E-state index is 0.808. The highest BCUT2D eigenvalue weighted by Crippen LogP contribution is 2.27. The van der Waals surface area contributed by atoms with Gasteiger partial charge in [0.1, 0.15) is 26.2 Å². The van der Waals surface area contributed by atoms with E-state index in [9.17, 15) is 0 Å². The molecule has 3 nitrogen and oxygen atoms in total. The summed E-state index contributed by atoms with van der Waals surface area (Å²) in [4.78, 5) is 0. The third-order valence-electron chi connectivity index (χ3n) is 4.97. The van der Waals surface area contributed by atoms with Crippen molar-refractivity contribution in [2.24, 2.45) is 5.73 Å². The Hall–Kier alpha value is -0.120. The van der Waals surface area contributed by atoms with Crippen LogP contribution < -0.4 is 5.73 Å². The van der Waals surface area contributed by atoms with E-state index in [4.69, 9.17) is 5.73 Å². The number of rotatable bonds is 3. The van der Waals surface area contributed by atoms with E-state index in [1.54, 1.807) is 0 Å². The first-order valence-electron chi connectivity index (χ1n) is 6.53. The Bertz CT molecular complexity index is 217. The van der Waals surface area contributed by atoms with Crippen LogP contribution in [0.25, 0.3) is 0 Å². The molecule has 0 saturated carbocycles. The zero-order valence-electron chi connectivity index (χ0n) is 10.4. The van der Waals surface area contributed by atoms with Crippen molar-refractivity contribution < 1.29 is 8.97 Å². The normalized spacial score (nSPS) is 40.8. The van der Waals surface area contributed by atoms with Crippen molar-refractivity contribution in [3.05, 3.63) is 0 Å². The molecule has 0 radical (unpaired) electrons. The Morgan fingerprint density at radius 1 is 1.00 bits per heavy atom. The molecule has 0 aromatic carbocycles. The molecule has 0 atom stereocenters. The average molecular weight is 213 g/mol. The van der Waals surface area contributed by atoms with Crippen LogP contribution in [0.5, 0.6) is 0 Å². The smallest absolute Gasteiger partial charge is 0.129 e. The number of quaternary nitrogens is 2. The molecule has 0 aromatic heterocycles. The highest BCUT2D eigenvalue weighted by atomic mass is 15.5. The Morgan fingerprint density at radius 2 is 1.67 bits per heavy atom. The average Bonchev–Trinajstić information content (AvgIpc) is 2.49. The molecule has 3 fully saturated rings. The van der Waals surface area contributed by atoms with Gasteiger partial charge in [-0.2, -0.15) is 0 Å². The van der Waals surface area contributed by atoms with Gasteiger partial charge in [0.2, 0.25) is 0 Å². The summed E-state index contributed by atoms with van der Waals surface area (Å²) in [7, 11) is 0. The van der Waals surface area contributed by atoms with E-state index in [1.807, 2.05) is 0 Å². The molecule has 0 amide bonds. The van der Waals surface area contributed by atoms with Crippen molar-refractivity contribution in [1.29, 1.82) is 0 Å². The third kappa shape index (κ3) is 1.93. The maximum absolute atomic E-state index is 5.76. The van der Waals surface area contributed by atoms with Crippen LogP contribution in [0, 0.1) is 0 Å². The monoisotopic (exact) mass is 213 g/mol. The van der Waals surface area contributed by atoms with Crippen LogP contribution in [0.15, 0.2) is 0 Å². The van der Waals surface area contributed by atoms with Crippen molar-refractivity contribution in [2.45, 2.75) is 26.3 Å².